The summed E-state index contributed by atoms with van der Waals surface area (Å²) in [6.45, 7) is 4.00. The average Bonchev–Trinajstić information content (AvgIpc) is 2.58. The summed E-state index contributed by atoms with van der Waals surface area (Å²) in [5.41, 5.74) is 7.95. The van der Waals surface area contributed by atoms with Gasteiger partial charge in [0.25, 0.3) is 5.91 Å². The molecule has 2 rings (SSSR count). The van der Waals surface area contributed by atoms with Gasteiger partial charge in [0.05, 0.1) is 11.6 Å². The van der Waals surface area contributed by atoms with Gasteiger partial charge < -0.3 is 5.73 Å². The van der Waals surface area contributed by atoms with Gasteiger partial charge in [-0.1, -0.05) is 17.7 Å². The van der Waals surface area contributed by atoms with Gasteiger partial charge in [-0.05, 0) is 31.5 Å². The van der Waals surface area contributed by atoms with Crippen LogP contribution in [-0.4, -0.2) is 18.2 Å². The van der Waals surface area contributed by atoms with Crippen molar-refractivity contribution < 1.29 is 4.79 Å². The summed E-state index contributed by atoms with van der Waals surface area (Å²) < 4.78 is 0. The van der Waals surface area contributed by atoms with Crippen LogP contribution in [0.5, 0.6) is 0 Å². The molecule has 2 N–H and O–H groups in total. The summed E-state index contributed by atoms with van der Waals surface area (Å²) in [5, 5.41) is 6.22. The van der Waals surface area contributed by atoms with Gasteiger partial charge in [-0.25, -0.2) is 5.01 Å². The van der Waals surface area contributed by atoms with E-state index in [0.29, 0.717) is 10.7 Å². The molecule has 4 nitrogen and oxygen atoms in total. The molecule has 0 spiro atoms. The predicted molar refractivity (Wildman–Crippen MR) is 69.3 cm³/mol. The second-order valence-corrected chi connectivity index (χ2v) is 4.52. The van der Waals surface area contributed by atoms with Crippen molar-refractivity contribution in [2.75, 3.05) is 11.6 Å². The van der Waals surface area contributed by atoms with Crippen LogP contribution in [0.2, 0.25) is 5.02 Å². The molecule has 17 heavy (non-hydrogen) atoms. The molecule has 0 fully saturated rings. The Labute approximate surface area is 105 Å². The highest BCUT2D eigenvalue weighted by Crippen LogP contribution is 2.27. The first-order valence-electron chi connectivity index (χ1n) is 5.40. The summed E-state index contributed by atoms with van der Waals surface area (Å²) in [5.74, 6) is -0.403. The van der Waals surface area contributed by atoms with E-state index in [0.717, 1.165) is 11.3 Å². The zero-order valence-electron chi connectivity index (χ0n) is 9.77. The van der Waals surface area contributed by atoms with Crippen LogP contribution in [0, 0.1) is 12.8 Å². The number of halogens is 1. The van der Waals surface area contributed by atoms with E-state index >= 15 is 0 Å². The first-order valence-corrected chi connectivity index (χ1v) is 5.77. The second kappa shape index (κ2) is 4.47. The van der Waals surface area contributed by atoms with Crippen molar-refractivity contribution in [3.8, 4) is 0 Å². The van der Waals surface area contributed by atoms with Gasteiger partial charge in [0.15, 0.2) is 0 Å². The Morgan fingerprint density at radius 2 is 2.18 bits per heavy atom. The summed E-state index contributed by atoms with van der Waals surface area (Å²) >= 11 is 6.04. The van der Waals surface area contributed by atoms with E-state index in [-0.39, 0.29) is 18.4 Å². The Bertz CT molecular complexity index is 499. The highest BCUT2D eigenvalue weighted by Gasteiger charge is 2.33. The molecule has 90 valence electrons. The van der Waals surface area contributed by atoms with Gasteiger partial charge in [0.1, 0.15) is 0 Å². The van der Waals surface area contributed by atoms with E-state index in [4.69, 9.17) is 17.3 Å². The van der Waals surface area contributed by atoms with Crippen LogP contribution in [-0.2, 0) is 4.79 Å². The number of aryl methyl sites for hydroxylation is 1. The third-order valence-electron chi connectivity index (χ3n) is 2.90. The maximum Gasteiger partial charge on any atom is 0.257 e. The molecule has 0 bridgehead atoms. The maximum atomic E-state index is 12.0. The van der Waals surface area contributed by atoms with Gasteiger partial charge in [0, 0.05) is 17.3 Å². The molecule has 1 unspecified atom stereocenters. The van der Waals surface area contributed by atoms with E-state index in [1.165, 1.54) is 5.01 Å². The molecule has 1 aliphatic rings. The van der Waals surface area contributed by atoms with Gasteiger partial charge in [-0.2, -0.15) is 5.10 Å². The lowest BCUT2D eigenvalue weighted by molar-refractivity contribution is -0.119. The molecule has 1 aromatic rings. The normalized spacial score (nSPS) is 19.8. The van der Waals surface area contributed by atoms with Crippen LogP contribution in [0.3, 0.4) is 0 Å². The summed E-state index contributed by atoms with van der Waals surface area (Å²) in [6.07, 6.45) is 0. The minimum Gasteiger partial charge on any atom is -0.329 e. The number of hydrogen-bond donors (Lipinski definition) is 1. The number of carbonyl (C=O) groups excluding carboxylic acids is 1. The van der Waals surface area contributed by atoms with Crippen molar-refractivity contribution in [3.63, 3.8) is 0 Å². The topological polar surface area (TPSA) is 58.7 Å². The van der Waals surface area contributed by atoms with Crippen LogP contribution in [0.1, 0.15) is 12.5 Å². The number of anilines is 1. The van der Waals surface area contributed by atoms with E-state index in [2.05, 4.69) is 5.10 Å². The Balaban J connectivity index is 2.36. The van der Waals surface area contributed by atoms with Crippen molar-refractivity contribution in [2.24, 2.45) is 16.8 Å². The lowest BCUT2D eigenvalue weighted by Crippen LogP contribution is -2.32. The SMILES string of the molecule is CC1=NN(c2ccc(C)c(Cl)c2)C(=O)C1CN. The molecule has 1 aliphatic heterocycles. The van der Waals surface area contributed by atoms with E-state index in [1.807, 2.05) is 26.0 Å². The zero-order chi connectivity index (χ0) is 12.6. The molecule has 0 aromatic heterocycles. The molecule has 0 aliphatic carbocycles. The molecule has 1 heterocycles. The lowest BCUT2D eigenvalue weighted by atomic mass is 10.1. The monoisotopic (exact) mass is 251 g/mol. The first-order chi connectivity index (χ1) is 8.04. The van der Waals surface area contributed by atoms with Crippen LogP contribution >= 0.6 is 11.6 Å². The number of hydrazone groups is 1. The first kappa shape index (κ1) is 12.1. The molecule has 0 radical (unpaired) electrons. The number of benzene rings is 1. The second-order valence-electron chi connectivity index (χ2n) is 4.11. The number of hydrogen-bond acceptors (Lipinski definition) is 3. The summed E-state index contributed by atoms with van der Waals surface area (Å²) in [4.78, 5) is 12.0. The molecule has 0 saturated heterocycles. The Hall–Kier alpha value is -1.39. The Morgan fingerprint density at radius 1 is 1.47 bits per heavy atom. The minimum absolute atomic E-state index is 0.0927. The van der Waals surface area contributed by atoms with Crippen molar-refractivity contribution in [1.29, 1.82) is 0 Å². The smallest absolute Gasteiger partial charge is 0.257 e. The number of nitrogens with two attached hydrogens (primary N) is 1. The fraction of sp³-hybridized carbons (Fsp3) is 0.333. The molecule has 1 amide bonds. The number of carbonyl (C=O) groups is 1. The van der Waals surface area contributed by atoms with E-state index < -0.39 is 0 Å². The third kappa shape index (κ3) is 2.06. The van der Waals surface area contributed by atoms with Crippen LogP contribution in [0.15, 0.2) is 23.3 Å². The van der Waals surface area contributed by atoms with E-state index in [1.54, 1.807) is 6.07 Å². The molecule has 1 atom stereocenters. The molecular formula is C12H14ClN3O. The minimum atomic E-state index is -0.310. The molecule has 5 heteroatoms. The number of rotatable bonds is 2. The lowest BCUT2D eigenvalue weighted by Gasteiger charge is -2.14. The zero-order valence-corrected chi connectivity index (χ0v) is 10.5. The van der Waals surface area contributed by atoms with Crippen molar-refractivity contribution in [3.05, 3.63) is 28.8 Å². The summed E-state index contributed by atoms with van der Waals surface area (Å²) in [7, 11) is 0. The molecular weight excluding hydrogens is 238 g/mol. The predicted octanol–water partition coefficient (Wildman–Crippen LogP) is 1.95. The van der Waals surface area contributed by atoms with Gasteiger partial charge in [0.2, 0.25) is 0 Å². The largest absolute Gasteiger partial charge is 0.329 e. The Morgan fingerprint density at radius 3 is 2.71 bits per heavy atom. The van der Waals surface area contributed by atoms with Crippen LogP contribution < -0.4 is 10.7 Å². The molecule has 0 saturated carbocycles. The van der Waals surface area contributed by atoms with Gasteiger partial charge >= 0.3 is 0 Å². The number of amides is 1. The van der Waals surface area contributed by atoms with Crippen molar-refractivity contribution in [2.45, 2.75) is 13.8 Å². The fourth-order valence-electron chi connectivity index (χ4n) is 1.77. The number of nitrogens with zero attached hydrogens (tertiary/aromatic N) is 2. The van der Waals surface area contributed by atoms with Gasteiger partial charge in [-0.15, -0.1) is 0 Å². The maximum absolute atomic E-state index is 12.0. The van der Waals surface area contributed by atoms with Crippen LogP contribution in [0.25, 0.3) is 0 Å². The highest BCUT2D eigenvalue weighted by atomic mass is 35.5. The van der Waals surface area contributed by atoms with Crippen molar-refractivity contribution >= 4 is 28.9 Å². The Kier molecular flexibility index (Phi) is 3.17. The van der Waals surface area contributed by atoms with E-state index in [9.17, 15) is 4.79 Å². The fourth-order valence-corrected chi connectivity index (χ4v) is 1.95. The highest BCUT2D eigenvalue weighted by molar-refractivity contribution is 6.31. The van der Waals surface area contributed by atoms with Crippen LogP contribution in [0.4, 0.5) is 5.69 Å². The quantitative estimate of drug-likeness (QED) is 0.873. The standard InChI is InChI=1S/C12H14ClN3O/c1-7-3-4-9(5-11(7)13)16-12(17)10(6-14)8(2)15-16/h3-5,10H,6,14H2,1-2H3. The third-order valence-corrected chi connectivity index (χ3v) is 3.31. The summed E-state index contributed by atoms with van der Waals surface area (Å²) in [6, 6.07) is 5.44. The van der Waals surface area contributed by atoms with Crippen molar-refractivity contribution in [1.82, 2.24) is 0 Å². The van der Waals surface area contributed by atoms with Gasteiger partial charge in [-0.3, -0.25) is 4.79 Å². The molecule has 1 aromatic carbocycles. The average molecular weight is 252 g/mol.